The summed E-state index contributed by atoms with van der Waals surface area (Å²) >= 11 is 0. The Hall–Kier alpha value is -5.40. The van der Waals surface area contributed by atoms with Gasteiger partial charge in [0.05, 0.1) is 19.1 Å². The van der Waals surface area contributed by atoms with Crippen LogP contribution in [-0.2, 0) is 46.4 Å². The number of benzene rings is 2. The van der Waals surface area contributed by atoms with Gasteiger partial charge in [0, 0.05) is 13.1 Å². The van der Waals surface area contributed by atoms with Crippen molar-refractivity contribution in [3.05, 3.63) is 83.9 Å². The van der Waals surface area contributed by atoms with Gasteiger partial charge in [-0.05, 0) is 82.3 Å². The number of carbonyl (C=O) groups excluding carboxylic acids is 6. The first kappa shape index (κ1) is 48.0. The highest BCUT2D eigenvalue weighted by molar-refractivity contribution is 5.94. The molecular weight excluding hydrogens is 755 g/mol. The monoisotopic (exact) mass is 819 g/mol. The van der Waals surface area contributed by atoms with Crippen LogP contribution in [0.1, 0.15) is 91.7 Å². The molecule has 0 radical (unpaired) electrons. The molecular formula is C45H65N5O9. The Bertz CT molecular complexity index is 1690. The molecule has 2 aromatic rings. The Morgan fingerprint density at radius 2 is 1.49 bits per heavy atom. The largest absolute Gasteiger partial charge is 0.467 e. The van der Waals surface area contributed by atoms with Crippen molar-refractivity contribution in [1.29, 1.82) is 0 Å². The molecule has 324 valence electrons. The fourth-order valence-electron chi connectivity index (χ4n) is 6.75. The summed E-state index contributed by atoms with van der Waals surface area (Å²) in [6.07, 6.45) is 4.97. The van der Waals surface area contributed by atoms with Crippen LogP contribution in [0.25, 0.3) is 0 Å². The summed E-state index contributed by atoms with van der Waals surface area (Å²) in [6, 6.07) is 15.6. The molecule has 2 aromatic carbocycles. The van der Waals surface area contributed by atoms with Crippen molar-refractivity contribution in [2.75, 3.05) is 20.2 Å². The third-order valence-electron chi connectivity index (χ3n) is 9.66. The molecule has 0 aliphatic carbocycles. The minimum atomic E-state index is -1.03. The molecule has 1 aliphatic rings. The highest BCUT2D eigenvalue weighted by Gasteiger charge is 2.39. The molecule has 0 bridgehead atoms. The number of carbonyl (C=O) groups is 6. The molecule has 1 aliphatic heterocycles. The van der Waals surface area contributed by atoms with Crippen molar-refractivity contribution < 1.29 is 43.0 Å². The third kappa shape index (κ3) is 17.2. The minimum absolute atomic E-state index is 0.113. The smallest absolute Gasteiger partial charge is 0.408 e. The summed E-state index contributed by atoms with van der Waals surface area (Å²) in [6.45, 7) is 13.7. The molecule has 14 nitrogen and oxygen atoms in total. The highest BCUT2D eigenvalue weighted by atomic mass is 16.6. The van der Waals surface area contributed by atoms with Gasteiger partial charge in [0.15, 0.2) is 0 Å². The van der Waals surface area contributed by atoms with Gasteiger partial charge in [-0.1, -0.05) is 101 Å². The summed E-state index contributed by atoms with van der Waals surface area (Å²) < 4.78 is 15.7. The number of methoxy groups -OCH3 is 1. The van der Waals surface area contributed by atoms with Crippen molar-refractivity contribution in [2.24, 2.45) is 17.8 Å². The Morgan fingerprint density at radius 1 is 0.847 bits per heavy atom. The van der Waals surface area contributed by atoms with E-state index in [-0.39, 0.29) is 37.3 Å². The van der Waals surface area contributed by atoms with Gasteiger partial charge >= 0.3 is 18.2 Å². The fraction of sp³-hybridized carbons (Fsp3) is 0.556. The van der Waals surface area contributed by atoms with E-state index in [0.717, 1.165) is 11.1 Å². The topological polar surface area (TPSA) is 181 Å². The molecule has 4 unspecified atom stereocenters. The number of hydrogen-bond acceptors (Lipinski definition) is 9. The second-order valence-corrected chi connectivity index (χ2v) is 16.7. The average Bonchev–Trinajstić information content (AvgIpc) is 3.68. The molecule has 59 heavy (non-hydrogen) atoms. The number of rotatable bonds is 20. The van der Waals surface area contributed by atoms with Crippen LogP contribution >= 0.6 is 0 Å². The number of amides is 5. The van der Waals surface area contributed by atoms with Crippen LogP contribution in [0.2, 0.25) is 0 Å². The van der Waals surface area contributed by atoms with E-state index in [9.17, 15) is 28.8 Å². The Balaban J connectivity index is 1.69. The van der Waals surface area contributed by atoms with E-state index in [4.69, 9.17) is 14.2 Å². The highest BCUT2D eigenvalue weighted by Crippen LogP contribution is 2.24. The van der Waals surface area contributed by atoms with Crippen molar-refractivity contribution in [1.82, 2.24) is 26.2 Å². The second kappa shape index (κ2) is 23.9. The second-order valence-electron chi connectivity index (χ2n) is 16.7. The lowest BCUT2D eigenvalue weighted by atomic mass is 9.94. The third-order valence-corrected chi connectivity index (χ3v) is 9.66. The van der Waals surface area contributed by atoms with Crippen LogP contribution in [0.3, 0.4) is 0 Å². The number of ether oxygens (including phenoxy) is 3. The zero-order valence-corrected chi connectivity index (χ0v) is 36.0. The van der Waals surface area contributed by atoms with E-state index in [2.05, 4.69) is 21.3 Å². The molecule has 3 rings (SSSR count). The standard InChI is InChI=1S/C45H65N5O9/c1-30(2)27-35(47-44(56)59-45(5,6)7)24-23-34(28-32-17-11-9-12-18-32)41(53)50-26-16-22-37(50)39(51)49-38(31(3)4)40(52)48-36(42(54)57-8)21-15-25-46-43(55)58-29-33-19-13-10-14-20-33/h9-14,17-20,23-24,30-31,34-38H,15-16,21-22,25-29H2,1-8H3,(H,46,55)(H,47,56)(H,48,52)(H,49,51)/b24-23+/t34?,35?,36?,37-,38?/m1/s1. The molecule has 0 spiro atoms. The van der Waals surface area contributed by atoms with E-state index < -0.39 is 65.7 Å². The maximum atomic E-state index is 14.4. The first-order chi connectivity index (χ1) is 28.0. The number of alkyl carbamates (subject to hydrolysis) is 2. The van der Waals surface area contributed by atoms with Crippen LogP contribution in [0.15, 0.2) is 72.8 Å². The molecule has 5 atom stereocenters. The van der Waals surface area contributed by atoms with Gasteiger partial charge in [-0.2, -0.15) is 0 Å². The average molecular weight is 820 g/mol. The molecule has 1 heterocycles. The van der Waals surface area contributed by atoms with Gasteiger partial charge in [0.1, 0.15) is 30.3 Å². The number of nitrogens with one attached hydrogen (secondary N) is 4. The van der Waals surface area contributed by atoms with E-state index in [1.807, 2.05) is 86.7 Å². The SMILES string of the molecule is COC(=O)C(CCCNC(=O)OCc1ccccc1)NC(=O)C(NC(=O)[C@H]1CCCN1C(=O)C(/C=C/C(CC(C)C)NC(=O)OC(C)(C)C)Cc1ccccc1)C(C)C. The maximum Gasteiger partial charge on any atom is 0.408 e. The fourth-order valence-corrected chi connectivity index (χ4v) is 6.75. The van der Waals surface area contributed by atoms with Crippen molar-refractivity contribution >= 4 is 35.9 Å². The van der Waals surface area contributed by atoms with Gasteiger partial charge in [-0.25, -0.2) is 14.4 Å². The van der Waals surface area contributed by atoms with Crippen molar-refractivity contribution in [2.45, 2.75) is 123 Å². The molecule has 0 aromatic heterocycles. The van der Waals surface area contributed by atoms with E-state index in [1.165, 1.54) is 7.11 Å². The van der Waals surface area contributed by atoms with Gasteiger partial charge in [0.25, 0.3) is 0 Å². The summed E-state index contributed by atoms with van der Waals surface area (Å²) in [5.74, 6) is -2.73. The predicted octanol–water partition coefficient (Wildman–Crippen LogP) is 5.84. The zero-order valence-electron chi connectivity index (χ0n) is 36.0. The van der Waals surface area contributed by atoms with Gasteiger partial charge < -0.3 is 40.4 Å². The van der Waals surface area contributed by atoms with E-state index in [0.29, 0.717) is 38.6 Å². The molecule has 1 saturated heterocycles. The minimum Gasteiger partial charge on any atom is -0.467 e. The van der Waals surface area contributed by atoms with Crippen LogP contribution in [0, 0.1) is 17.8 Å². The summed E-state index contributed by atoms with van der Waals surface area (Å²) in [7, 11) is 1.22. The number of hydrogen-bond donors (Lipinski definition) is 4. The predicted molar refractivity (Wildman–Crippen MR) is 225 cm³/mol. The number of nitrogens with zero attached hydrogens (tertiary/aromatic N) is 1. The van der Waals surface area contributed by atoms with Gasteiger partial charge in [-0.15, -0.1) is 0 Å². The number of likely N-dealkylation sites (tertiary alicyclic amines) is 1. The molecule has 4 N–H and O–H groups in total. The van der Waals surface area contributed by atoms with E-state index >= 15 is 0 Å². The maximum absolute atomic E-state index is 14.4. The first-order valence-corrected chi connectivity index (χ1v) is 20.6. The Kier molecular flexibility index (Phi) is 19.4. The van der Waals surface area contributed by atoms with Gasteiger partial charge in [-0.3, -0.25) is 14.4 Å². The zero-order chi connectivity index (χ0) is 43.5. The Morgan fingerprint density at radius 3 is 2.08 bits per heavy atom. The molecule has 5 amide bonds. The molecule has 1 fully saturated rings. The quantitative estimate of drug-likeness (QED) is 0.0553. The normalized spacial score (nSPS) is 16.2. The van der Waals surface area contributed by atoms with Crippen LogP contribution in [0.4, 0.5) is 9.59 Å². The molecule has 14 heteroatoms. The van der Waals surface area contributed by atoms with Crippen molar-refractivity contribution in [3.63, 3.8) is 0 Å². The van der Waals surface area contributed by atoms with E-state index in [1.54, 1.807) is 39.5 Å². The molecule has 0 saturated carbocycles. The lowest BCUT2D eigenvalue weighted by Gasteiger charge is -2.30. The van der Waals surface area contributed by atoms with Crippen LogP contribution < -0.4 is 21.3 Å². The van der Waals surface area contributed by atoms with Gasteiger partial charge in [0.2, 0.25) is 17.7 Å². The Labute approximate surface area is 349 Å². The van der Waals surface area contributed by atoms with Crippen LogP contribution in [0.5, 0.6) is 0 Å². The summed E-state index contributed by atoms with van der Waals surface area (Å²) in [4.78, 5) is 81.2. The lowest BCUT2D eigenvalue weighted by Crippen LogP contribution is -2.57. The first-order valence-electron chi connectivity index (χ1n) is 20.6. The summed E-state index contributed by atoms with van der Waals surface area (Å²) in [5.41, 5.74) is 1.11. The summed E-state index contributed by atoms with van der Waals surface area (Å²) in [5, 5.41) is 11.2. The van der Waals surface area contributed by atoms with Crippen molar-refractivity contribution in [3.8, 4) is 0 Å². The van der Waals surface area contributed by atoms with Crippen LogP contribution in [-0.4, -0.2) is 90.7 Å². The number of esters is 1. The lowest BCUT2D eigenvalue weighted by molar-refractivity contribution is -0.146.